The number of rotatable bonds is 7. The minimum Gasteiger partial charge on any atom is -0.385 e. The molecule has 0 bridgehead atoms. The van der Waals surface area contributed by atoms with Crippen LogP contribution in [0.2, 0.25) is 0 Å². The summed E-state index contributed by atoms with van der Waals surface area (Å²) in [5.41, 5.74) is 0. The molecule has 2 nitrogen and oxygen atoms in total. The van der Waals surface area contributed by atoms with Crippen molar-refractivity contribution in [2.24, 2.45) is 17.8 Å². The number of nitrogens with one attached hydrogen (secondary N) is 1. The summed E-state index contributed by atoms with van der Waals surface area (Å²) >= 11 is 0. The molecule has 1 N–H and O–H groups in total. The van der Waals surface area contributed by atoms with Crippen LogP contribution in [-0.4, -0.2) is 26.8 Å². The van der Waals surface area contributed by atoms with Crippen LogP contribution in [0.3, 0.4) is 0 Å². The smallest absolute Gasteiger partial charge is 0.0464 e. The van der Waals surface area contributed by atoms with Gasteiger partial charge in [0.1, 0.15) is 0 Å². The van der Waals surface area contributed by atoms with Gasteiger partial charge in [0.05, 0.1) is 0 Å². The normalized spacial score (nSPS) is 27.7. The fourth-order valence-corrected chi connectivity index (χ4v) is 3.26. The second-order valence-electron chi connectivity index (χ2n) is 5.63. The summed E-state index contributed by atoms with van der Waals surface area (Å²) in [7, 11) is 1.82. The predicted molar refractivity (Wildman–Crippen MR) is 74.3 cm³/mol. The first-order chi connectivity index (χ1) is 8.29. The molecule has 0 saturated heterocycles. The van der Waals surface area contributed by atoms with E-state index in [0.717, 1.165) is 30.9 Å². The van der Waals surface area contributed by atoms with Crippen LogP contribution in [0.4, 0.5) is 0 Å². The monoisotopic (exact) mass is 241 g/mol. The molecule has 0 aromatic heterocycles. The molecule has 1 fully saturated rings. The molecule has 1 rings (SSSR count). The fraction of sp³-hybridized carbons (Fsp3) is 1.00. The highest BCUT2D eigenvalue weighted by atomic mass is 16.5. The van der Waals surface area contributed by atoms with Crippen molar-refractivity contribution < 1.29 is 4.74 Å². The fourth-order valence-electron chi connectivity index (χ4n) is 3.26. The van der Waals surface area contributed by atoms with Crippen molar-refractivity contribution in [1.82, 2.24) is 5.32 Å². The summed E-state index contributed by atoms with van der Waals surface area (Å²) < 4.78 is 5.24. The van der Waals surface area contributed by atoms with E-state index < -0.39 is 0 Å². The second-order valence-corrected chi connectivity index (χ2v) is 5.63. The second kappa shape index (κ2) is 8.93. The molecule has 0 spiro atoms. The first kappa shape index (κ1) is 15.0. The third kappa shape index (κ3) is 5.39. The van der Waals surface area contributed by atoms with Gasteiger partial charge >= 0.3 is 0 Å². The van der Waals surface area contributed by atoms with E-state index in [-0.39, 0.29) is 0 Å². The van der Waals surface area contributed by atoms with Gasteiger partial charge in [-0.3, -0.25) is 0 Å². The SMILES string of the molecule is CCNCC1CCCCCC1C(C)CCOC. The largest absolute Gasteiger partial charge is 0.385 e. The van der Waals surface area contributed by atoms with Gasteiger partial charge in [0.15, 0.2) is 0 Å². The van der Waals surface area contributed by atoms with Crippen molar-refractivity contribution in [3.8, 4) is 0 Å². The number of ether oxygens (including phenoxy) is 1. The van der Waals surface area contributed by atoms with E-state index in [4.69, 9.17) is 4.74 Å². The average Bonchev–Trinajstić information content (AvgIpc) is 2.58. The minimum atomic E-state index is 0.816. The van der Waals surface area contributed by atoms with Crippen molar-refractivity contribution in [2.75, 3.05) is 26.8 Å². The molecule has 17 heavy (non-hydrogen) atoms. The Bertz CT molecular complexity index is 184. The van der Waals surface area contributed by atoms with Crippen LogP contribution in [0, 0.1) is 17.8 Å². The molecule has 0 radical (unpaired) electrons. The zero-order valence-electron chi connectivity index (χ0n) is 12.0. The summed E-state index contributed by atoms with van der Waals surface area (Å²) in [6.07, 6.45) is 8.39. The van der Waals surface area contributed by atoms with Crippen molar-refractivity contribution in [1.29, 1.82) is 0 Å². The minimum absolute atomic E-state index is 0.816. The van der Waals surface area contributed by atoms with Gasteiger partial charge in [-0.15, -0.1) is 0 Å². The van der Waals surface area contributed by atoms with Crippen LogP contribution in [0.25, 0.3) is 0 Å². The van der Waals surface area contributed by atoms with Gasteiger partial charge in [-0.2, -0.15) is 0 Å². The maximum absolute atomic E-state index is 5.24. The van der Waals surface area contributed by atoms with Gasteiger partial charge in [0.2, 0.25) is 0 Å². The van der Waals surface area contributed by atoms with Crippen LogP contribution in [0.1, 0.15) is 52.4 Å². The highest BCUT2D eigenvalue weighted by Gasteiger charge is 2.27. The number of hydrogen-bond donors (Lipinski definition) is 1. The molecule has 0 aliphatic heterocycles. The lowest BCUT2D eigenvalue weighted by Crippen LogP contribution is -2.31. The molecule has 0 aromatic rings. The first-order valence-corrected chi connectivity index (χ1v) is 7.49. The van der Waals surface area contributed by atoms with E-state index >= 15 is 0 Å². The quantitative estimate of drug-likeness (QED) is 0.689. The van der Waals surface area contributed by atoms with Crippen LogP contribution < -0.4 is 5.32 Å². The third-order valence-corrected chi connectivity index (χ3v) is 4.38. The third-order valence-electron chi connectivity index (χ3n) is 4.38. The molecule has 3 atom stereocenters. The lowest BCUT2D eigenvalue weighted by molar-refractivity contribution is 0.141. The van der Waals surface area contributed by atoms with Gasteiger partial charge in [-0.05, 0) is 50.1 Å². The van der Waals surface area contributed by atoms with Gasteiger partial charge in [-0.25, -0.2) is 0 Å². The van der Waals surface area contributed by atoms with E-state index in [2.05, 4.69) is 19.2 Å². The van der Waals surface area contributed by atoms with E-state index in [9.17, 15) is 0 Å². The van der Waals surface area contributed by atoms with E-state index in [1.54, 1.807) is 0 Å². The summed E-state index contributed by atoms with van der Waals surface area (Å²) in [6.45, 7) is 7.88. The molecular formula is C15H31NO. The zero-order chi connectivity index (χ0) is 12.5. The van der Waals surface area contributed by atoms with E-state index in [1.165, 1.54) is 45.1 Å². The topological polar surface area (TPSA) is 21.3 Å². The van der Waals surface area contributed by atoms with Crippen molar-refractivity contribution in [3.05, 3.63) is 0 Å². The van der Waals surface area contributed by atoms with Crippen molar-refractivity contribution in [3.63, 3.8) is 0 Å². The van der Waals surface area contributed by atoms with Crippen molar-refractivity contribution in [2.45, 2.75) is 52.4 Å². The maximum Gasteiger partial charge on any atom is 0.0464 e. The molecule has 1 aliphatic rings. The highest BCUT2D eigenvalue weighted by Crippen LogP contribution is 2.35. The summed E-state index contributed by atoms with van der Waals surface area (Å²) in [6, 6.07) is 0. The molecule has 2 heteroatoms. The standard InChI is InChI=1S/C15H31NO/c1-4-16-12-14-8-6-5-7-9-15(14)13(2)10-11-17-3/h13-16H,4-12H2,1-3H3. The molecule has 0 aromatic carbocycles. The lowest BCUT2D eigenvalue weighted by atomic mass is 9.78. The Morgan fingerprint density at radius 3 is 2.71 bits per heavy atom. The van der Waals surface area contributed by atoms with Gasteiger partial charge < -0.3 is 10.1 Å². The molecule has 3 unspecified atom stereocenters. The van der Waals surface area contributed by atoms with Crippen LogP contribution in [0.15, 0.2) is 0 Å². The predicted octanol–water partition coefficient (Wildman–Crippen LogP) is 3.47. The number of methoxy groups -OCH3 is 1. The summed E-state index contributed by atoms with van der Waals surface area (Å²) in [5.74, 6) is 2.62. The van der Waals surface area contributed by atoms with E-state index in [1.807, 2.05) is 7.11 Å². The Balaban J connectivity index is 2.47. The summed E-state index contributed by atoms with van der Waals surface area (Å²) in [5, 5.41) is 3.56. The Kier molecular flexibility index (Phi) is 7.87. The molecular weight excluding hydrogens is 210 g/mol. The average molecular weight is 241 g/mol. The van der Waals surface area contributed by atoms with Gasteiger partial charge in [-0.1, -0.05) is 33.1 Å². The molecule has 1 saturated carbocycles. The first-order valence-electron chi connectivity index (χ1n) is 7.49. The van der Waals surface area contributed by atoms with Gasteiger partial charge in [0.25, 0.3) is 0 Å². The molecule has 0 heterocycles. The summed E-state index contributed by atoms with van der Waals surface area (Å²) in [4.78, 5) is 0. The van der Waals surface area contributed by atoms with Crippen LogP contribution >= 0.6 is 0 Å². The zero-order valence-corrected chi connectivity index (χ0v) is 12.0. The Morgan fingerprint density at radius 2 is 2.00 bits per heavy atom. The molecule has 102 valence electrons. The molecule has 1 aliphatic carbocycles. The Hall–Kier alpha value is -0.0800. The number of hydrogen-bond acceptors (Lipinski definition) is 2. The molecule has 0 amide bonds. The van der Waals surface area contributed by atoms with Crippen LogP contribution in [0.5, 0.6) is 0 Å². The highest BCUT2D eigenvalue weighted by molar-refractivity contribution is 4.79. The maximum atomic E-state index is 5.24. The van der Waals surface area contributed by atoms with Crippen molar-refractivity contribution >= 4 is 0 Å². The van der Waals surface area contributed by atoms with Crippen LogP contribution in [-0.2, 0) is 4.74 Å². The Labute approximate surface area is 108 Å². The van der Waals surface area contributed by atoms with E-state index in [0.29, 0.717) is 0 Å². The lowest BCUT2D eigenvalue weighted by Gasteiger charge is -2.30. The Morgan fingerprint density at radius 1 is 1.24 bits per heavy atom. The van der Waals surface area contributed by atoms with Gasteiger partial charge in [0, 0.05) is 13.7 Å².